The zero-order chi connectivity index (χ0) is 12.3. The summed E-state index contributed by atoms with van der Waals surface area (Å²) >= 11 is 0. The van der Waals surface area contributed by atoms with Crippen molar-refractivity contribution in [1.82, 2.24) is 15.2 Å². The molecule has 2 aromatic rings. The Kier molecular flexibility index (Phi) is 3.39. The Morgan fingerprint density at radius 2 is 2.12 bits per heavy atom. The van der Waals surface area contributed by atoms with Crippen molar-refractivity contribution in [2.75, 3.05) is 14.2 Å². The Balaban J connectivity index is 2.32. The molecular formula is C12H15N3O2. The summed E-state index contributed by atoms with van der Waals surface area (Å²) in [6.07, 6.45) is 0.0553. The van der Waals surface area contributed by atoms with E-state index in [0.717, 1.165) is 11.1 Å². The molecule has 5 nitrogen and oxygen atoms in total. The molecule has 1 atom stereocenters. The minimum atomic E-state index is 0.0553. The predicted octanol–water partition coefficient (Wildman–Crippen LogP) is 2.19. The second-order valence-electron chi connectivity index (χ2n) is 3.67. The van der Waals surface area contributed by atoms with E-state index in [1.807, 2.05) is 31.2 Å². The van der Waals surface area contributed by atoms with Crippen molar-refractivity contribution in [3.05, 3.63) is 29.8 Å². The van der Waals surface area contributed by atoms with Crippen molar-refractivity contribution in [2.45, 2.75) is 13.0 Å². The van der Waals surface area contributed by atoms with Crippen molar-refractivity contribution >= 4 is 0 Å². The highest BCUT2D eigenvalue weighted by molar-refractivity contribution is 5.56. The number of rotatable bonds is 4. The molecule has 1 N–H and O–H groups in total. The molecule has 0 saturated carbocycles. The second-order valence-corrected chi connectivity index (χ2v) is 3.67. The molecule has 17 heavy (non-hydrogen) atoms. The predicted molar refractivity (Wildman–Crippen MR) is 63.8 cm³/mol. The van der Waals surface area contributed by atoms with Gasteiger partial charge in [-0.3, -0.25) is 5.10 Å². The normalized spacial score (nSPS) is 12.4. The van der Waals surface area contributed by atoms with Crippen molar-refractivity contribution in [1.29, 1.82) is 0 Å². The van der Waals surface area contributed by atoms with E-state index in [2.05, 4.69) is 15.2 Å². The van der Waals surface area contributed by atoms with Crippen LogP contribution >= 0.6 is 0 Å². The highest BCUT2D eigenvalue weighted by Crippen LogP contribution is 2.22. The molecule has 0 saturated heterocycles. The Bertz CT molecular complexity index is 496. The van der Waals surface area contributed by atoms with E-state index in [4.69, 9.17) is 9.47 Å². The SMILES string of the molecule is COc1n[nH]c(-c2cccc(C(C)OC)c2)n1. The van der Waals surface area contributed by atoms with Gasteiger partial charge in [-0.05, 0) is 18.6 Å². The van der Waals surface area contributed by atoms with Gasteiger partial charge < -0.3 is 9.47 Å². The molecule has 1 heterocycles. The topological polar surface area (TPSA) is 60.0 Å². The molecule has 0 aliphatic rings. The van der Waals surface area contributed by atoms with E-state index < -0.39 is 0 Å². The Hall–Kier alpha value is -1.88. The van der Waals surface area contributed by atoms with Gasteiger partial charge in [0.15, 0.2) is 5.82 Å². The largest absolute Gasteiger partial charge is 0.466 e. The zero-order valence-electron chi connectivity index (χ0n) is 10.1. The van der Waals surface area contributed by atoms with Crippen LogP contribution in [-0.4, -0.2) is 29.4 Å². The number of nitrogens with one attached hydrogen (secondary N) is 1. The van der Waals surface area contributed by atoms with Gasteiger partial charge in [-0.1, -0.05) is 18.2 Å². The van der Waals surface area contributed by atoms with Gasteiger partial charge in [-0.15, -0.1) is 5.10 Å². The third-order valence-corrected chi connectivity index (χ3v) is 2.63. The molecule has 0 radical (unpaired) electrons. The summed E-state index contributed by atoms with van der Waals surface area (Å²) < 4.78 is 10.2. The van der Waals surface area contributed by atoms with Crippen LogP contribution in [0.2, 0.25) is 0 Å². The third kappa shape index (κ3) is 2.45. The minimum absolute atomic E-state index is 0.0553. The lowest BCUT2D eigenvalue weighted by Crippen LogP contribution is -1.95. The lowest BCUT2D eigenvalue weighted by molar-refractivity contribution is 0.119. The molecule has 0 amide bonds. The summed E-state index contributed by atoms with van der Waals surface area (Å²) in [6.45, 7) is 2.00. The quantitative estimate of drug-likeness (QED) is 0.879. The van der Waals surface area contributed by atoms with Gasteiger partial charge in [0.2, 0.25) is 0 Å². The zero-order valence-corrected chi connectivity index (χ0v) is 10.1. The van der Waals surface area contributed by atoms with Crippen LogP contribution in [0.5, 0.6) is 6.01 Å². The third-order valence-electron chi connectivity index (χ3n) is 2.63. The first-order valence-electron chi connectivity index (χ1n) is 5.34. The second kappa shape index (κ2) is 4.97. The average molecular weight is 233 g/mol. The molecule has 1 aromatic heterocycles. The number of aromatic amines is 1. The maximum absolute atomic E-state index is 5.28. The molecule has 0 aliphatic heterocycles. The monoisotopic (exact) mass is 233 g/mol. The number of methoxy groups -OCH3 is 2. The number of ether oxygens (including phenoxy) is 2. The Labute approximate surface area is 99.8 Å². The van der Waals surface area contributed by atoms with Crippen molar-refractivity contribution in [3.8, 4) is 17.4 Å². The first-order chi connectivity index (χ1) is 8.24. The van der Waals surface area contributed by atoms with E-state index in [-0.39, 0.29) is 6.10 Å². The highest BCUT2D eigenvalue weighted by Gasteiger charge is 2.08. The van der Waals surface area contributed by atoms with Crippen LogP contribution in [0.3, 0.4) is 0 Å². The van der Waals surface area contributed by atoms with E-state index in [1.54, 1.807) is 7.11 Å². The van der Waals surface area contributed by atoms with Gasteiger partial charge in [0.05, 0.1) is 13.2 Å². The molecule has 0 aliphatic carbocycles. The van der Waals surface area contributed by atoms with E-state index >= 15 is 0 Å². The first kappa shape index (κ1) is 11.6. The lowest BCUT2D eigenvalue weighted by atomic mass is 10.1. The summed E-state index contributed by atoms with van der Waals surface area (Å²) in [7, 11) is 3.23. The molecule has 1 aromatic carbocycles. The van der Waals surface area contributed by atoms with Crippen LogP contribution in [0.25, 0.3) is 11.4 Å². The standard InChI is InChI=1S/C12H15N3O2/c1-8(16-2)9-5-4-6-10(7-9)11-13-12(17-3)15-14-11/h4-8H,1-3H3,(H,13,14,15). The minimum Gasteiger partial charge on any atom is -0.466 e. The smallest absolute Gasteiger partial charge is 0.335 e. The van der Waals surface area contributed by atoms with Gasteiger partial charge >= 0.3 is 6.01 Å². The van der Waals surface area contributed by atoms with Crippen LogP contribution in [0.15, 0.2) is 24.3 Å². The summed E-state index contributed by atoms with van der Waals surface area (Å²) in [5, 5.41) is 6.75. The maximum atomic E-state index is 5.28. The van der Waals surface area contributed by atoms with Gasteiger partial charge in [0.1, 0.15) is 0 Å². The molecule has 90 valence electrons. The van der Waals surface area contributed by atoms with Crippen LogP contribution < -0.4 is 4.74 Å². The van der Waals surface area contributed by atoms with Gasteiger partial charge in [-0.25, -0.2) is 0 Å². The maximum Gasteiger partial charge on any atom is 0.335 e. The average Bonchev–Trinajstić information content (AvgIpc) is 2.86. The van der Waals surface area contributed by atoms with E-state index in [0.29, 0.717) is 11.8 Å². The summed E-state index contributed by atoms with van der Waals surface area (Å²) in [5.41, 5.74) is 2.06. The van der Waals surface area contributed by atoms with E-state index in [1.165, 1.54) is 7.11 Å². The van der Waals surface area contributed by atoms with Crippen LogP contribution in [0.4, 0.5) is 0 Å². The van der Waals surface area contributed by atoms with E-state index in [9.17, 15) is 0 Å². The number of H-pyrrole nitrogens is 1. The molecule has 5 heteroatoms. The van der Waals surface area contributed by atoms with Crippen LogP contribution in [-0.2, 0) is 4.74 Å². The Morgan fingerprint density at radius 1 is 1.29 bits per heavy atom. The summed E-state index contributed by atoms with van der Waals surface area (Å²) in [6, 6.07) is 8.31. The molecule has 1 unspecified atom stereocenters. The first-order valence-corrected chi connectivity index (χ1v) is 5.34. The molecular weight excluding hydrogens is 218 g/mol. The Morgan fingerprint density at radius 3 is 2.76 bits per heavy atom. The fourth-order valence-electron chi connectivity index (χ4n) is 1.54. The summed E-state index contributed by atoms with van der Waals surface area (Å²) in [5.74, 6) is 0.687. The number of benzene rings is 1. The van der Waals surface area contributed by atoms with Gasteiger partial charge in [0, 0.05) is 12.7 Å². The molecule has 2 rings (SSSR count). The fraction of sp³-hybridized carbons (Fsp3) is 0.333. The van der Waals surface area contributed by atoms with Crippen LogP contribution in [0, 0.1) is 0 Å². The van der Waals surface area contributed by atoms with Crippen molar-refractivity contribution < 1.29 is 9.47 Å². The number of aromatic nitrogens is 3. The molecule has 0 fully saturated rings. The molecule has 0 bridgehead atoms. The lowest BCUT2D eigenvalue weighted by Gasteiger charge is -2.10. The number of hydrogen-bond donors (Lipinski definition) is 1. The number of nitrogens with zero attached hydrogens (tertiary/aromatic N) is 2. The van der Waals surface area contributed by atoms with Crippen molar-refractivity contribution in [3.63, 3.8) is 0 Å². The summed E-state index contributed by atoms with van der Waals surface area (Å²) in [4.78, 5) is 4.20. The molecule has 0 spiro atoms. The fourth-order valence-corrected chi connectivity index (χ4v) is 1.54. The number of hydrogen-bond acceptors (Lipinski definition) is 4. The van der Waals surface area contributed by atoms with Gasteiger partial charge in [0.25, 0.3) is 0 Å². The van der Waals surface area contributed by atoms with Gasteiger partial charge in [-0.2, -0.15) is 4.98 Å². The highest BCUT2D eigenvalue weighted by atomic mass is 16.5. The van der Waals surface area contributed by atoms with Crippen LogP contribution in [0.1, 0.15) is 18.6 Å². The van der Waals surface area contributed by atoms with Crippen molar-refractivity contribution in [2.24, 2.45) is 0 Å².